The van der Waals surface area contributed by atoms with E-state index in [9.17, 15) is 4.39 Å². The molecule has 25 heavy (non-hydrogen) atoms. The van der Waals surface area contributed by atoms with Crippen molar-refractivity contribution in [1.82, 2.24) is 5.32 Å². The summed E-state index contributed by atoms with van der Waals surface area (Å²) in [6, 6.07) is 9.29. The van der Waals surface area contributed by atoms with E-state index < -0.39 is 0 Å². The largest absolute Gasteiger partial charge is 0.493 e. The van der Waals surface area contributed by atoms with Crippen LogP contribution in [0.5, 0.6) is 11.5 Å². The van der Waals surface area contributed by atoms with Gasteiger partial charge in [0.2, 0.25) is 0 Å². The molecule has 0 saturated heterocycles. The van der Waals surface area contributed by atoms with Crippen LogP contribution in [0.2, 0.25) is 0 Å². The Morgan fingerprint density at radius 2 is 1.96 bits per heavy atom. The molecule has 0 radical (unpaired) electrons. The Kier molecular flexibility index (Phi) is 5.43. The van der Waals surface area contributed by atoms with Crippen LogP contribution in [0, 0.1) is 5.82 Å². The number of fused-ring (bicyclic) bond motifs is 1. The molecule has 0 saturated carbocycles. The first-order chi connectivity index (χ1) is 12.1. The number of hydrogen-bond acceptors (Lipinski definition) is 4. The zero-order chi connectivity index (χ0) is 17.8. The Labute approximate surface area is 148 Å². The maximum absolute atomic E-state index is 14.4. The van der Waals surface area contributed by atoms with Crippen molar-refractivity contribution < 1.29 is 13.9 Å². The van der Waals surface area contributed by atoms with Gasteiger partial charge in [-0.25, -0.2) is 4.39 Å². The molecule has 1 aliphatic heterocycles. The first-order valence-electron chi connectivity index (χ1n) is 8.63. The van der Waals surface area contributed by atoms with E-state index in [4.69, 9.17) is 9.47 Å². The first kappa shape index (κ1) is 17.5. The highest BCUT2D eigenvalue weighted by molar-refractivity contribution is 5.59. The molecule has 0 bridgehead atoms. The van der Waals surface area contributed by atoms with Gasteiger partial charge in [0.25, 0.3) is 0 Å². The third-order valence-electron chi connectivity index (χ3n) is 4.73. The van der Waals surface area contributed by atoms with Crippen LogP contribution in [-0.2, 0) is 13.0 Å². The van der Waals surface area contributed by atoms with Gasteiger partial charge in [-0.1, -0.05) is 18.2 Å². The van der Waals surface area contributed by atoms with Crippen LogP contribution in [0.15, 0.2) is 30.3 Å². The normalized spacial score (nSPS) is 14.4. The number of anilines is 1. The molecule has 3 rings (SSSR count). The van der Waals surface area contributed by atoms with Gasteiger partial charge in [0, 0.05) is 36.4 Å². The van der Waals surface area contributed by atoms with E-state index in [0.717, 1.165) is 19.4 Å². The maximum Gasteiger partial charge on any atom is 0.163 e. The molecule has 1 heterocycles. The summed E-state index contributed by atoms with van der Waals surface area (Å²) in [4.78, 5) is 0. The van der Waals surface area contributed by atoms with E-state index in [0.29, 0.717) is 23.6 Å². The van der Waals surface area contributed by atoms with Crippen LogP contribution in [-0.4, -0.2) is 20.8 Å². The standard InChI is InChI=1S/C20H25FN2O2/c1-13(16-10-18(24-2)19(25-3)11-17(16)21)23-12-15-7-4-6-14-8-5-9-22-20(14)15/h4,6-7,10-11,13,22-23H,5,8-9,12H2,1-3H3/t13-/m1/s1. The Morgan fingerprint density at radius 1 is 1.20 bits per heavy atom. The fraction of sp³-hybridized carbons (Fsp3) is 0.400. The van der Waals surface area contributed by atoms with Gasteiger partial charge in [0.1, 0.15) is 5.82 Å². The van der Waals surface area contributed by atoms with E-state index in [1.807, 2.05) is 6.92 Å². The van der Waals surface area contributed by atoms with Gasteiger partial charge in [0.05, 0.1) is 14.2 Å². The number of nitrogens with one attached hydrogen (secondary N) is 2. The SMILES string of the molecule is COc1cc(F)c([C@@H](C)NCc2cccc3c2NCCC3)cc1OC. The van der Waals surface area contributed by atoms with E-state index in [1.165, 1.54) is 30.0 Å². The van der Waals surface area contributed by atoms with Crippen molar-refractivity contribution >= 4 is 5.69 Å². The van der Waals surface area contributed by atoms with Gasteiger partial charge < -0.3 is 20.1 Å². The summed E-state index contributed by atoms with van der Waals surface area (Å²) in [5.74, 6) is 0.634. The van der Waals surface area contributed by atoms with Crippen molar-refractivity contribution in [3.8, 4) is 11.5 Å². The van der Waals surface area contributed by atoms with E-state index >= 15 is 0 Å². The lowest BCUT2D eigenvalue weighted by molar-refractivity contribution is 0.350. The molecular weight excluding hydrogens is 319 g/mol. The zero-order valence-corrected chi connectivity index (χ0v) is 15.0. The van der Waals surface area contributed by atoms with E-state index in [-0.39, 0.29) is 11.9 Å². The number of rotatable bonds is 6. The van der Waals surface area contributed by atoms with Crippen molar-refractivity contribution in [1.29, 1.82) is 0 Å². The molecular formula is C20H25FN2O2. The second-order valence-electron chi connectivity index (χ2n) is 6.31. The molecule has 0 spiro atoms. The Morgan fingerprint density at radius 3 is 2.72 bits per heavy atom. The molecule has 0 aromatic heterocycles. The van der Waals surface area contributed by atoms with Crippen LogP contribution < -0.4 is 20.1 Å². The summed E-state index contributed by atoms with van der Waals surface area (Å²) in [5.41, 5.74) is 4.36. The number of benzene rings is 2. The minimum atomic E-state index is -0.300. The highest BCUT2D eigenvalue weighted by Crippen LogP contribution is 2.33. The number of halogens is 1. The second kappa shape index (κ2) is 7.74. The average molecular weight is 344 g/mol. The molecule has 0 unspecified atom stereocenters. The summed E-state index contributed by atoms with van der Waals surface area (Å²) < 4.78 is 24.9. The number of methoxy groups -OCH3 is 2. The fourth-order valence-electron chi connectivity index (χ4n) is 3.30. The van der Waals surface area contributed by atoms with Gasteiger partial charge >= 0.3 is 0 Å². The fourth-order valence-corrected chi connectivity index (χ4v) is 3.30. The minimum absolute atomic E-state index is 0.153. The quantitative estimate of drug-likeness (QED) is 0.830. The van der Waals surface area contributed by atoms with Gasteiger partial charge in [-0.2, -0.15) is 0 Å². The van der Waals surface area contributed by atoms with Crippen molar-refractivity contribution in [2.45, 2.75) is 32.4 Å². The zero-order valence-electron chi connectivity index (χ0n) is 15.0. The molecule has 0 amide bonds. The number of hydrogen-bond donors (Lipinski definition) is 2. The predicted octanol–water partition coefficient (Wildman–Crippen LogP) is 4.05. The lowest BCUT2D eigenvalue weighted by Gasteiger charge is -2.23. The molecule has 4 nitrogen and oxygen atoms in total. The van der Waals surface area contributed by atoms with Crippen LogP contribution in [0.3, 0.4) is 0 Å². The van der Waals surface area contributed by atoms with Crippen LogP contribution in [0.1, 0.15) is 36.1 Å². The number of para-hydroxylation sites is 1. The average Bonchev–Trinajstić information content (AvgIpc) is 2.65. The first-order valence-corrected chi connectivity index (χ1v) is 8.63. The number of ether oxygens (including phenoxy) is 2. The Hall–Kier alpha value is -2.27. The van der Waals surface area contributed by atoms with Gasteiger partial charge in [-0.15, -0.1) is 0 Å². The molecule has 2 aromatic rings. The molecule has 5 heteroatoms. The van der Waals surface area contributed by atoms with E-state index in [1.54, 1.807) is 13.2 Å². The summed E-state index contributed by atoms with van der Waals surface area (Å²) in [6.45, 7) is 3.63. The summed E-state index contributed by atoms with van der Waals surface area (Å²) in [6.07, 6.45) is 2.27. The monoisotopic (exact) mass is 344 g/mol. The third kappa shape index (κ3) is 3.71. The Bertz CT molecular complexity index is 749. The maximum atomic E-state index is 14.4. The van der Waals surface area contributed by atoms with Crippen molar-refractivity contribution in [3.05, 3.63) is 52.8 Å². The van der Waals surface area contributed by atoms with Crippen molar-refractivity contribution in [2.24, 2.45) is 0 Å². The van der Waals surface area contributed by atoms with Crippen LogP contribution in [0.4, 0.5) is 10.1 Å². The summed E-state index contributed by atoms with van der Waals surface area (Å²) in [5, 5.41) is 6.91. The smallest absolute Gasteiger partial charge is 0.163 e. The Balaban J connectivity index is 1.76. The highest BCUT2D eigenvalue weighted by Gasteiger charge is 2.17. The molecule has 0 aliphatic carbocycles. The summed E-state index contributed by atoms with van der Waals surface area (Å²) in [7, 11) is 3.06. The number of aryl methyl sites for hydroxylation is 1. The minimum Gasteiger partial charge on any atom is -0.493 e. The molecule has 0 fully saturated rings. The van der Waals surface area contributed by atoms with Crippen molar-refractivity contribution in [3.63, 3.8) is 0 Å². The lowest BCUT2D eigenvalue weighted by Crippen LogP contribution is -2.21. The topological polar surface area (TPSA) is 42.5 Å². The summed E-state index contributed by atoms with van der Waals surface area (Å²) >= 11 is 0. The molecule has 2 N–H and O–H groups in total. The molecule has 1 atom stereocenters. The molecule has 2 aromatic carbocycles. The lowest BCUT2D eigenvalue weighted by atomic mass is 9.99. The van der Waals surface area contributed by atoms with E-state index in [2.05, 4.69) is 28.8 Å². The van der Waals surface area contributed by atoms with Gasteiger partial charge in [-0.3, -0.25) is 0 Å². The van der Waals surface area contributed by atoms with Gasteiger partial charge in [-0.05, 0) is 37.0 Å². The predicted molar refractivity (Wildman–Crippen MR) is 98.0 cm³/mol. The third-order valence-corrected chi connectivity index (χ3v) is 4.73. The van der Waals surface area contributed by atoms with Crippen LogP contribution >= 0.6 is 0 Å². The molecule has 1 aliphatic rings. The highest BCUT2D eigenvalue weighted by atomic mass is 19.1. The van der Waals surface area contributed by atoms with Crippen molar-refractivity contribution in [2.75, 3.05) is 26.1 Å². The van der Waals surface area contributed by atoms with Crippen LogP contribution in [0.25, 0.3) is 0 Å². The van der Waals surface area contributed by atoms with Gasteiger partial charge in [0.15, 0.2) is 11.5 Å². The molecule has 134 valence electrons. The second-order valence-corrected chi connectivity index (χ2v) is 6.31.